The Hall–Kier alpha value is -2.86. The molecule has 1 unspecified atom stereocenters. The lowest BCUT2D eigenvalue weighted by atomic mass is 10.1. The van der Waals surface area contributed by atoms with Gasteiger partial charge in [-0.05, 0) is 24.6 Å². The fourth-order valence-corrected chi connectivity index (χ4v) is 3.82. The molecule has 2 aliphatic heterocycles. The number of alkyl halides is 2. The Morgan fingerprint density at radius 1 is 1.12 bits per heavy atom. The van der Waals surface area contributed by atoms with Crippen molar-refractivity contribution >= 4 is 39.9 Å². The van der Waals surface area contributed by atoms with E-state index in [0.29, 0.717) is 48.4 Å². The average Bonchev–Trinajstić information content (AvgIpc) is 2.83. The molecule has 0 spiro atoms. The van der Waals surface area contributed by atoms with Crippen LogP contribution < -0.4 is 16.1 Å². The van der Waals surface area contributed by atoms with Crippen LogP contribution >= 0.6 is 23.2 Å². The summed E-state index contributed by atoms with van der Waals surface area (Å²) >= 11 is 11.9. The Morgan fingerprint density at radius 2 is 1.74 bits per heavy atom. The van der Waals surface area contributed by atoms with Gasteiger partial charge in [0, 0.05) is 37.6 Å². The molecule has 13 heteroatoms. The Morgan fingerprint density at radius 3 is 2.26 bits per heavy atom. The molecule has 1 aromatic rings. The number of nitrogens with zero attached hydrogens (tertiary/aromatic N) is 5. The van der Waals surface area contributed by atoms with Crippen LogP contribution in [0.15, 0.2) is 34.2 Å². The van der Waals surface area contributed by atoms with E-state index in [2.05, 4.69) is 9.97 Å². The van der Waals surface area contributed by atoms with Gasteiger partial charge in [0.15, 0.2) is 11.5 Å². The third kappa shape index (κ3) is 5.98. The summed E-state index contributed by atoms with van der Waals surface area (Å²) in [6.45, 7) is 2.54. The third-order valence-corrected chi connectivity index (χ3v) is 5.34. The molecule has 34 heavy (non-hydrogen) atoms. The smallest absolute Gasteiger partial charge is 0.352 e. The van der Waals surface area contributed by atoms with E-state index in [1.807, 2.05) is 24.0 Å². The lowest BCUT2D eigenvalue weighted by Crippen LogP contribution is -2.37. The molecule has 186 valence electrons. The molecule has 4 N–H and O–H groups in total. The van der Waals surface area contributed by atoms with Crippen LogP contribution in [0, 0.1) is 6.92 Å². The van der Waals surface area contributed by atoms with Crippen LogP contribution in [0.4, 0.5) is 5.69 Å². The van der Waals surface area contributed by atoms with Crippen LogP contribution in [0.5, 0.6) is 0 Å². The van der Waals surface area contributed by atoms with Gasteiger partial charge < -0.3 is 29.9 Å². The van der Waals surface area contributed by atoms with Gasteiger partial charge >= 0.3 is 5.69 Å². The molecule has 0 aliphatic carbocycles. The highest BCUT2D eigenvalue weighted by Crippen LogP contribution is 2.29. The third-order valence-electron chi connectivity index (χ3n) is 5.00. The highest BCUT2D eigenvalue weighted by Gasteiger charge is 2.23. The summed E-state index contributed by atoms with van der Waals surface area (Å²) in [5.41, 5.74) is 1.54. The van der Waals surface area contributed by atoms with E-state index in [1.165, 1.54) is 7.05 Å². The summed E-state index contributed by atoms with van der Waals surface area (Å²) in [6, 6.07) is 3.68. The van der Waals surface area contributed by atoms with Gasteiger partial charge in [0.05, 0.1) is 30.3 Å². The van der Waals surface area contributed by atoms with Crippen molar-refractivity contribution in [1.82, 2.24) is 19.1 Å². The Balaban J connectivity index is 0.000000945. The van der Waals surface area contributed by atoms with Crippen molar-refractivity contribution in [2.45, 2.75) is 19.6 Å². The average molecular weight is 516 g/mol. The molecule has 1 aromatic carbocycles. The number of benzene rings is 1. The molecular formula is C21H27Cl2N5O6. The quantitative estimate of drug-likeness (QED) is 0.196. The van der Waals surface area contributed by atoms with Gasteiger partial charge in [0.25, 0.3) is 5.56 Å². The standard InChI is InChI=1S/C19H23Cl2N5O4.C2H4O2/c1-11-7-15-13(8-14(11)25(5-3-20)6-4-21)22-16-17(26(15)9-12(28)10-27)23-19(30)24(2)18(16)29;3-1-2-4/h7-8,12,27-28H,3-6,9-10H2,1-2H3;1-4H/b;2-1+. The fourth-order valence-electron chi connectivity index (χ4n) is 3.41. The first-order chi connectivity index (χ1) is 16.2. The van der Waals surface area contributed by atoms with Crippen LogP contribution in [0.2, 0.25) is 0 Å². The van der Waals surface area contributed by atoms with Crippen molar-refractivity contribution < 1.29 is 20.4 Å². The van der Waals surface area contributed by atoms with Gasteiger partial charge in [-0.15, -0.1) is 23.2 Å². The summed E-state index contributed by atoms with van der Waals surface area (Å²) in [7, 11) is 1.33. The van der Waals surface area contributed by atoms with E-state index >= 15 is 0 Å². The molecule has 3 rings (SSSR count). The van der Waals surface area contributed by atoms with Gasteiger partial charge in [-0.2, -0.15) is 4.98 Å². The summed E-state index contributed by atoms with van der Waals surface area (Å²) in [6.07, 6.45) is 0.00809. The maximum Gasteiger partial charge on any atom is 0.352 e. The second kappa shape index (κ2) is 12.6. The maximum atomic E-state index is 12.7. The van der Waals surface area contributed by atoms with Crippen molar-refractivity contribution in [3.63, 3.8) is 0 Å². The Bertz CT molecular complexity index is 1220. The van der Waals surface area contributed by atoms with E-state index in [-0.39, 0.29) is 18.1 Å². The SMILES string of the molecule is Cc1cc2c(cc1N(CCCl)CCCl)nc1c(=O)n(C)c(=O)nc-1n2CC(O)CO.O/C=C/O. The minimum atomic E-state index is -1.10. The molecule has 0 saturated carbocycles. The Labute approximate surface area is 205 Å². The van der Waals surface area contributed by atoms with Crippen LogP contribution in [0.1, 0.15) is 5.56 Å². The lowest BCUT2D eigenvalue weighted by Gasteiger charge is -2.26. The van der Waals surface area contributed by atoms with E-state index in [1.54, 1.807) is 4.57 Å². The van der Waals surface area contributed by atoms with Crippen molar-refractivity contribution in [2.75, 3.05) is 36.4 Å². The van der Waals surface area contributed by atoms with Gasteiger partial charge in [-0.3, -0.25) is 9.36 Å². The van der Waals surface area contributed by atoms with Crippen LogP contribution in [-0.4, -0.2) is 77.1 Å². The normalized spacial score (nSPS) is 12.2. The molecular weight excluding hydrogens is 489 g/mol. The van der Waals surface area contributed by atoms with Crippen molar-refractivity contribution in [2.24, 2.45) is 7.05 Å². The largest absolute Gasteiger partial charge is 0.512 e. The van der Waals surface area contributed by atoms with Crippen molar-refractivity contribution in [3.05, 3.63) is 51.1 Å². The highest BCUT2D eigenvalue weighted by molar-refractivity contribution is 6.18. The van der Waals surface area contributed by atoms with Gasteiger partial charge in [0.2, 0.25) is 0 Å². The predicted molar refractivity (Wildman–Crippen MR) is 132 cm³/mol. The number of fused-ring (bicyclic) bond motifs is 2. The first kappa shape index (κ1) is 27.4. The van der Waals surface area contributed by atoms with Crippen LogP contribution in [0.3, 0.4) is 0 Å². The molecule has 0 aromatic heterocycles. The molecule has 0 radical (unpaired) electrons. The number of rotatable bonds is 8. The molecule has 0 fully saturated rings. The van der Waals surface area contributed by atoms with Crippen LogP contribution in [-0.2, 0) is 13.6 Å². The molecule has 2 aliphatic rings. The van der Waals surface area contributed by atoms with Gasteiger partial charge in [0.1, 0.15) is 12.5 Å². The zero-order valence-electron chi connectivity index (χ0n) is 18.7. The number of anilines is 1. The zero-order chi connectivity index (χ0) is 25.4. The molecule has 0 amide bonds. The number of hydrogen-bond donors (Lipinski definition) is 4. The minimum absolute atomic E-state index is 0.00535. The number of hydrogen-bond acceptors (Lipinski definition) is 9. The topological polar surface area (TPSA) is 154 Å². The molecule has 0 saturated heterocycles. The lowest BCUT2D eigenvalue weighted by molar-refractivity contribution is 0.0822. The first-order valence-corrected chi connectivity index (χ1v) is 11.3. The minimum Gasteiger partial charge on any atom is -0.512 e. The van der Waals surface area contributed by atoms with E-state index in [4.69, 9.17) is 33.4 Å². The van der Waals surface area contributed by atoms with E-state index < -0.39 is 24.0 Å². The van der Waals surface area contributed by atoms with E-state index in [0.717, 1.165) is 15.8 Å². The first-order valence-electron chi connectivity index (χ1n) is 10.2. The zero-order valence-corrected chi connectivity index (χ0v) is 20.2. The molecule has 2 heterocycles. The monoisotopic (exact) mass is 515 g/mol. The number of aliphatic hydroxyl groups excluding tert-OH is 4. The van der Waals surface area contributed by atoms with Gasteiger partial charge in [-0.1, -0.05) is 0 Å². The second-order valence-electron chi connectivity index (χ2n) is 7.28. The predicted octanol–water partition coefficient (Wildman–Crippen LogP) is 1.11. The summed E-state index contributed by atoms with van der Waals surface area (Å²) in [5, 5.41) is 34.3. The number of aliphatic hydroxyl groups is 4. The van der Waals surface area contributed by atoms with Crippen molar-refractivity contribution in [3.8, 4) is 11.5 Å². The summed E-state index contributed by atoms with van der Waals surface area (Å²) in [5.74, 6) is 0.895. The second-order valence-corrected chi connectivity index (χ2v) is 8.04. The maximum absolute atomic E-state index is 12.7. The number of halogens is 2. The van der Waals surface area contributed by atoms with Crippen LogP contribution in [0.25, 0.3) is 22.6 Å². The summed E-state index contributed by atoms with van der Waals surface area (Å²) < 4.78 is 2.43. The molecule has 1 atom stereocenters. The number of aryl methyl sites for hydroxylation is 1. The highest BCUT2D eigenvalue weighted by atomic mass is 35.5. The van der Waals surface area contributed by atoms with E-state index in [9.17, 15) is 19.8 Å². The molecule has 11 nitrogen and oxygen atoms in total. The Kier molecular flexibility index (Phi) is 10.1. The van der Waals surface area contributed by atoms with Crippen molar-refractivity contribution in [1.29, 1.82) is 0 Å². The van der Waals surface area contributed by atoms with Gasteiger partial charge in [-0.25, -0.2) is 9.78 Å². The summed E-state index contributed by atoms with van der Waals surface area (Å²) in [4.78, 5) is 35.3. The fraction of sp³-hybridized carbons (Fsp3) is 0.429. The molecule has 0 bridgehead atoms. The number of aromatic nitrogens is 4.